The van der Waals surface area contributed by atoms with Gasteiger partial charge in [0.15, 0.2) is 5.58 Å². The minimum atomic E-state index is -4.50. The number of benzene rings is 2. The standard InChI is InChI=1S/C26H22F3N3O5/c1-14-23-19(15(13-33)12-30-14)11-20(24(34)32-21-9-8-18(35-2)10-22(21)36-3)25(37-23)31-17-6-4-16(5-7-17)26(27,28)29/h4-12,33H,13H2,1-3H3,(H,32,34). The Morgan fingerprint density at radius 3 is 2.46 bits per heavy atom. The number of alkyl halides is 3. The van der Waals surface area contributed by atoms with Crippen molar-refractivity contribution in [2.24, 2.45) is 4.99 Å². The van der Waals surface area contributed by atoms with E-state index in [2.05, 4.69) is 15.3 Å². The van der Waals surface area contributed by atoms with E-state index in [1.54, 1.807) is 25.1 Å². The van der Waals surface area contributed by atoms with Gasteiger partial charge in [-0.3, -0.25) is 9.78 Å². The van der Waals surface area contributed by atoms with Crippen LogP contribution in [0.2, 0.25) is 0 Å². The fraction of sp³-hybridized carbons (Fsp3) is 0.192. The van der Waals surface area contributed by atoms with Crippen LogP contribution in [-0.4, -0.2) is 30.2 Å². The lowest BCUT2D eigenvalue weighted by Crippen LogP contribution is -2.22. The molecule has 4 rings (SSSR count). The summed E-state index contributed by atoms with van der Waals surface area (Å²) in [4.78, 5) is 21.9. The summed E-state index contributed by atoms with van der Waals surface area (Å²) < 4.78 is 55.4. The Balaban J connectivity index is 1.87. The van der Waals surface area contributed by atoms with E-state index in [0.717, 1.165) is 12.1 Å². The third-order valence-electron chi connectivity index (χ3n) is 5.55. The fourth-order valence-corrected chi connectivity index (χ4v) is 3.59. The maximum atomic E-state index is 13.4. The molecule has 2 aromatic carbocycles. The lowest BCUT2D eigenvalue weighted by atomic mass is 10.1. The molecule has 0 aliphatic carbocycles. The summed E-state index contributed by atoms with van der Waals surface area (Å²) in [5.41, 5.74) is 0.623. The molecular weight excluding hydrogens is 491 g/mol. The van der Waals surface area contributed by atoms with Gasteiger partial charge in [-0.1, -0.05) is 0 Å². The summed E-state index contributed by atoms with van der Waals surface area (Å²) in [5.74, 6) is 0.227. The zero-order valence-electron chi connectivity index (χ0n) is 20.0. The van der Waals surface area contributed by atoms with Crippen molar-refractivity contribution in [1.82, 2.24) is 4.98 Å². The summed E-state index contributed by atoms with van der Waals surface area (Å²) in [6.07, 6.45) is -3.04. The Morgan fingerprint density at radius 2 is 1.84 bits per heavy atom. The Labute approximate surface area is 209 Å². The number of hydrogen-bond acceptors (Lipinski definition) is 7. The van der Waals surface area contributed by atoms with Gasteiger partial charge in [-0.15, -0.1) is 0 Å². The number of aliphatic hydroxyl groups is 1. The molecular formula is C26H22F3N3O5. The molecule has 192 valence electrons. The van der Waals surface area contributed by atoms with Gasteiger partial charge in [-0.25, -0.2) is 4.99 Å². The van der Waals surface area contributed by atoms with Crippen molar-refractivity contribution in [2.45, 2.75) is 19.7 Å². The number of aryl methyl sites for hydroxylation is 1. The number of halogens is 3. The molecule has 0 radical (unpaired) electrons. The predicted octanol–water partition coefficient (Wildman–Crippen LogP) is 5.15. The quantitative estimate of drug-likeness (QED) is 0.370. The second-order valence-electron chi connectivity index (χ2n) is 7.91. The number of nitrogens with one attached hydrogen (secondary N) is 1. The van der Waals surface area contributed by atoms with Crippen molar-refractivity contribution < 1.29 is 37.0 Å². The molecule has 2 N–H and O–H groups in total. The number of anilines is 1. The number of carbonyl (C=O) groups is 1. The van der Waals surface area contributed by atoms with Gasteiger partial charge in [-0.2, -0.15) is 13.2 Å². The molecule has 0 atom stereocenters. The molecule has 0 saturated heterocycles. The highest BCUT2D eigenvalue weighted by molar-refractivity contribution is 6.06. The SMILES string of the molecule is COc1ccc(NC(=O)c2cc3c(CO)cnc(C)c3oc2=Nc2ccc(C(F)(F)F)cc2)c(OC)c1. The fourth-order valence-electron chi connectivity index (χ4n) is 3.59. The third kappa shape index (κ3) is 5.41. The average molecular weight is 513 g/mol. The summed E-state index contributed by atoms with van der Waals surface area (Å²) in [7, 11) is 2.93. The van der Waals surface area contributed by atoms with Gasteiger partial charge < -0.3 is 24.3 Å². The molecule has 1 amide bonds. The van der Waals surface area contributed by atoms with Crippen LogP contribution in [0.25, 0.3) is 11.0 Å². The molecule has 0 bridgehead atoms. The molecule has 0 fully saturated rings. The number of aromatic nitrogens is 1. The van der Waals surface area contributed by atoms with Crippen molar-refractivity contribution in [3.8, 4) is 11.5 Å². The van der Waals surface area contributed by atoms with Crippen molar-refractivity contribution in [3.05, 3.63) is 82.7 Å². The van der Waals surface area contributed by atoms with E-state index in [-0.39, 0.29) is 29.0 Å². The number of ether oxygens (including phenoxy) is 2. The van der Waals surface area contributed by atoms with Crippen LogP contribution in [0.15, 0.2) is 64.1 Å². The number of amides is 1. The number of aliphatic hydroxyl groups excluding tert-OH is 1. The molecule has 0 aliphatic rings. The molecule has 0 aliphatic heterocycles. The van der Waals surface area contributed by atoms with Gasteiger partial charge in [-0.05, 0) is 49.4 Å². The molecule has 0 unspecified atom stereocenters. The first kappa shape index (κ1) is 25.7. The van der Waals surface area contributed by atoms with E-state index in [0.29, 0.717) is 33.8 Å². The zero-order valence-corrected chi connectivity index (χ0v) is 20.0. The lowest BCUT2D eigenvalue weighted by Gasteiger charge is -2.13. The molecule has 4 aromatic rings. The number of nitrogens with zero attached hydrogens (tertiary/aromatic N) is 2. The van der Waals surface area contributed by atoms with Crippen molar-refractivity contribution in [3.63, 3.8) is 0 Å². The van der Waals surface area contributed by atoms with Crippen LogP contribution in [0.4, 0.5) is 24.5 Å². The molecule has 11 heteroatoms. The van der Waals surface area contributed by atoms with Crippen molar-refractivity contribution in [2.75, 3.05) is 19.5 Å². The second-order valence-corrected chi connectivity index (χ2v) is 7.91. The highest BCUT2D eigenvalue weighted by Crippen LogP contribution is 2.31. The Hall–Kier alpha value is -4.38. The molecule has 0 spiro atoms. The maximum absolute atomic E-state index is 13.4. The number of carbonyl (C=O) groups excluding carboxylic acids is 1. The van der Waals surface area contributed by atoms with Crippen molar-refractivity contribution >= 4 is 28.3 Å². The highest BCUT2D eigenvalue weighted by Gasteiger charge is 2.30. The van der Waals surface area contributed by atoms with E-state index < -0.39 is 17.6 Å². The van der Waals surface area contributed by atoms with E-state index in [1.807, 2.05) is 0 Å². The van der Waals surface area contributed by atoms with Crippen LogP contribution in [0.1, 0.15) is 27.2 Å². The van der Waals surface area contributed by atoms with Gasteiger partial charge in [0.05, 0.1) is 43.5 Å². The smallest absolute Gasteiger partial charge is 0.416 e. The Morgan fingerprint density at radius 1 is 1.11 bits per heavy atom. The molecule has 37 heavy (non-hydrogen) atoms. The van der Waals surface area contributed by atoms with Gasteiger partial charge in [0.1, 0.15) is 17.1 Å². The summed E-state index contributed by atoms with van der Waals surface area (Å²) in [5, 5.41) is 13.0. The monoisotopic (exact) mass is 513 g/mol. The topological polar surface area (TPSA) is 106 Å². The van der Waals surface area contributed by atoms with Crippen LogP contribution in [0, 0.1) is 6.92 Å². The number of rotatable bonds is 6. The number of hydrogen-bond donors (Lipinski definition) is 2. The van der Waals surface area contributed by atoms with Gasteiger partial charge in [0.2, 0.25) is 5.55 Å². The van der Waals surface area contributed by atoms with Crippen LogP contribution < -0.4 is 20.3 Å². The first-order valence-corrected chi connectivity index (χ1v) is 10.9. The lowest BCUT2D eigenvalue weighted by molar-refractivity contribution is -0.137. The Bertz CT molecular complexity index is 1530. The number of methoxy groups -OCH3 is 2. The zero-order chi connectivity index (χ0) is 26.7. The van der Waals surface area contributed by atoms with E-state index in [4.69, 9.17) is 13.9 Å². The van der Waals surface area contributed by atoms with Crippen LogP contribution in [-0.2, 0) is 12.8 Å². The minimum absolute atomic E-state index is 0.0226. The molecule has 2 heterocycles. The van der Waals surface area contributed by atoms with Crippen LogP contribution in [0.5, 0.6) is 11.5 Å². The minimum Gasteiger partial charge on any atom is -0.497 e. The van der Waals surface area contributed by atoms with Gasteiger partial charge >= 0.3 is 6.18 Å². The Kier molecular flexibility index (Phi) is 7.16. The maximum Gasteiger partial charge on any atom is 0.416 e. The van der Waals surface area contributed by atoms with Crippen LogP contribution in [0.3, 0.4) is 0 Å². The number of pyridine rings is 1. The van der Waals surface area contributed by atoms with Crippen molar-refractivity contribution in [1.29, 1.82) is 0 Å². The first-order chi connectivity index (χ1) is 17.6. The first-order valence-electron chi connectivity index (χ1n) is 10.9. The summed E-state index contributed by atoms with van der Waals surface area (Å²) >= 11 is 0. The molecule has 8 nitrogen and oxygen atoms in total. The van der Waals surface area contributed by atoms with Crippen LogP contribution >= 0.6 is 0 Å². The highest BCUT2D eigenvalue weighted by atomic mass is 19.4. The second kappa shape index (κ2) is 10.3. The van der Waals surface area contributed by atoms with E-state index >= 15 is 0 Å². The molecule has 2 aromatic heterocycles. The predicted molar refractivity (Wildman–Crippen MR) is 129 cm³/mol. The average Bonchev–Trinajstić information content (AvgIpc) is 2.88. The van der Waals surface area contributed by atoms with Gasteiger partial charge in [0.25, 0.3) is 5.91 Å². The number of fused-ring (bicyclic) bond motifs is 1. The van der Waals surface area contributed by atoms with E-state index in [1.165, 1.54) is 38.6 Å². The largest absolute Gasteiger partial charge is 0.497 e. The summed E-state index contributed by atoms with van der Waals surface area (Å²) in [6.45, 7) is 1.32. The van der Waals surface area contributed by atoms with Gasteiger partial charge in [0, 0.05) is 23.2 Å². The van der Waals surface area contributed by atoms with E-state index in [9.17, 15) is 23.1 Å². The third-order valence-corrected chi connectivity index (χ3v) is 5.55. The molecule has 0 saturated carbocycles. The summed E-state index contributed by atoms with van der Waals surface area (Å²) in [6, 6.07) is 10.4. The normalized spacial score (nSPS) is 12.0.